The average molecular weight is 270 g/mol. The maximum Gasteiger partial charge on any atom is 0.130 e. The molecule has 106 valence electrons. The molecule has 3 heteroatoms. The maximum absolute atomic E-state index is 6.30. The van der Waals surface area contributed by atoms with Crippen LogP contribution in [0.25, 0.3) is 10.9 Å². The minimum absolute atomic E-state index is 0.342. The molecule has 2 aromatic rings. The van der Waals surface area contributed by atoms with Crippen LogP contribution in [0.15, 0.2) is 30.3 Å². The lowest BCUT2D eigenvalue weighted by atomic mass is 10.1. The van der Waals surface area contributed by atoms with E-state index in [9.17, 15) is 0 Å². The van der Waals surface area contributed by atoms with E-state index in [0.717, 1.165) is 35.2 Å². The summed E-state index contributed by atoms with van der Waals surface area (Å²) in [6.07, 6.45) is 7.89. The van der Waals surface area contributed by atoms with Crippen LogP contribution in [-0.4, -0.2) is 11.1 Å². The number of para-hydroxylation sites is 1. The first kappa shape index (κ1) is 13.4. The van der Waals surface area contributed by atoms with Crippen molar-refractivity contribution >= 4 is 10.9 Å². The van der Waals surface area contributed by atoms with Gasteiger partial charge in [0.05, 0.1) is 17.3 Å². The van der Waals surface area contributed by atoms with E-state index in [2.05, 4.69) is 11.1 Å². The molecule has 0 radical (unpaired) electrons. The zero-order chi connectivity index (χ0) is 13.8. The zero-order valence-corrected chi connectivity index (χ0v) is 11.8. The van der Waals surface area contributed by atoms with Gasteiger partial charge in [0.2, 0.25) is 0 Å². The predicted molar refractivity (Wildman–Crippen MR) is 81.8 cm³/mol. The van der Waals surface area contributed by atoms with Crippen molar-refractivity contribution in [1.29, 1.82) is 0 Å². The van der Waals surface area contributed by atoms with E-state index in [1.54, 1.807) is 0 Å². The van der Waals surface area contributed by atoms with E-state index in [0.29, 0.717) is 12.6 Å². The predicted octanol–water partition coefficient (Wildman–Crippen LogP) is 3.80. The van der Waals surface area contributed by atoms with Crippen LogP contribution in [0.4, 0.5) is 0 Å². The Hall–Kier alpha value is -1.61. The van der Waals surface area contributed by atoms with E-state index in [4.69, 9.17) is 10.5 Å². The molecule has 0 spiro atoms. The fourth-order valence-corrected chi connectivity index (χ4v) is 2.94. The van der Waals surface area contributed by atoms with Crippen molar-refractivity contribution in [3.8, 4) is 5.75 Å². The highest BCUT2D eigenvalue weighted by atomic mass is 16.5. The molecule has 0 saturated heterocycles. The highest BCUT2D eigenvalue weighted by Gasteiger charge is 2.15. The van der Waals surface area contributed by atoms with Gasteiger partial charge < -0.3 is 10.5 Å². The van der Waals surface area contributed by atoms with Crippen LogP contribution in [0.5, 0.6) is 5.75 Å². The summed E-state index contributed by atoms with van der Waals surface area (Å²) in [6, 6.07) is 10.1. The molecule has 1 aromatic carbocycles. The van der Waals surface area contributed by atoms with Crippen LogP contribution in [0.1, 0.15) is 44.2 Å². The second-order valence-corrected chi connectivity index (χ2v) is 5.56. The van der Waals surface area contributed by atoms with Crippen molar-refractivity contribution in [2.75, 3.05) is 0 Å². The van der Waals surface area contributed by atoms with Gasteiger partial charge in [-0.25, -0.2) is 0 Å². The lowest BCUT2D eigenvalue weighted by Crippen LogP contribution is -2.15. The molecule has 0 aliphatic heterocycles. The molecule has 1 aliphatic rings. The number of rotatable bonds is 3. The number of aromatic nitrogens is 1. The van der Waals surface area contributed by atoms with Crippen LogP contribution in [0, 0.1) is 0 Å². The van der Waals surface area contributed by atoms with Crippen LogP contribution < -0.4 is 10.5 Å². The Morgan fingerprint density at radius 2 is 1.85 bits per heavy atom. The largest absolute Gasteiger partial charge is 0.490 e. The van der Waals surface area contributed by atoms with Gasteiger partial charge in [-0.05, 0) is 37.8 Å². The Kier molecular flexibility index (Phi) is 4.16. The first-order valence-corrected chi connectivity index (χ1v) is 7.62. The Balaban J connectivity index is 1.92. The highest BCUT2D eigenvalue weighted by molar-refractivity contribution is 5.85. The summed E-state index contributed by atoms with van der Waals surface area (Å²) in [7, 11) is 0. The van der Waals surface area contributed by atoms with Gasteiger partial charge in [-0.2, -0.15) is 0 Å². The van der Waals surface area contributed by atoms with E-state index in [1.165, 1.54) is 25.7 Å². The molecule has 20 heavy (non-hydrogen) atoms. The minimum Gasteiger partial charge on any atom is -0.490 e. The third kappa shape index (κ3) is 2.93. The molecule has 1 aliphatic carbocycles. The van der Waals surface area contributed by atoms with Gasteiger partial charge in [-0.15, -0.1) is 0 Å². The smallest absolute Gasteiger partial charge is 0.130 e. The van der Waals surface area contributed by atoms with Gasteiger partial charge in [0.25, 0.3) is 0 Å². The molecular formula is C17H22N2O. The standard InChI is InChI=1S/C17H22N2O/c18-12-13-11-17(15-9-5-6-10-16(15)19-13)20-14-7-3-1-2-4-8-14/h5-6,9-11,14H,1-4,7-8,12,18H2. The summed E-state index contributed by atoms with van der Waals surface area (Å²) in [4.78, 5) is 4.56. The number of nitrogens with zero attached hydrogens (tertiary/aromatic N) is 1. The number of pyridine rings is 1. The van der Waals surface area contributed by atoms with Crippen molar-refractivity contribution in [1.82, 2.24) is 4.98 Å². The molecule has 2 N–H and O–H groups in total. The normalized spacial score (nSPS) is 17.1. The molecule has 0 amide bonds. The fraction of sp³-hybridized carbons (Fsp3) is 0.471. The van der Waals surface area contributed by atoms with E-state index in [1.807, 2.05) is 24.3 Å². The van der Waals surface area contributed by atoms with Crippen LogP contribution in [0.2, 0.25) is 0 Å². The number of hydrogen-bond acceptors (Lipinski definition) is 3. The molecule has 1 fully saturated rings. The average Bonchev–Trinajstić information content (AvgIpc) is 2.75. The minimum atomic E-state index is 0.342. The Labute approximate surface area is 120 Å². The first-order chi connectivity index (χ1) is 9.86. The lowest BCUT2D eigenvalue weighted by molar-refractivity contribution is 0.186. The Bertz CT molecular complexity index is 574. The third-order valence-corrected chi connectivity index (χ3v) is 4.04. The summed E-state index contributed by atoms with van der Waals surface area (Å²) < 4.78 is 6.30. The SMILES string of the molecule is NCc1cc(OC2CCCCCC2)c2ccccc2n1. The number of nitrogens with two attached hydrogens (primary N) is 1. The van der Waals surface area contributed by atoms with Gasteiger partial charge in [0.1, 0.15) is 5.75 Å². The van der Waals surface area contributed by atoms with E-state index in [-0.39, 0.29) is 0 Å². The van der Waals surface area contributed by atoms with Crippen LogP contribution in [0.3, 0.4) is 0 Å². The van der Waals surface area contributed by atoms with Gasteiger partial charge in [0, 0.05) is 18.0 Å². The monoisotopic (exact) mass is 270 g/mol. The summed E-state index contributed by atoms with van der Waals surface area (Å²) in [6.45, 7) is 0.450. The summed E-state index contributed by atoms with van der Waals surface area (Å²) >= 11 is 0. The van der Waals surface area contributed by atoms with E-state index >= 15 is 0 Å². The second kappa shape index (κ2) is 6.23. The molecule has 3 rings (SSSR count). The number of benzene rings is 1. The van der Waals surface area contributed by atoms with Gasteiger partial charge in [0.15, 0.2) is 0 Å². The van der Waals surface area contributed by atoms with Crippen molar-refractivity contribution in [2.24, 2.45) is 5.73 Å². The van der Waals surface area contributed by atoms with Crippen LogP contribution in [-0.2, 0) is 6.54 Å². The van der Waals surface area contributed by atoms with Crippen molar-refractivity contribution in [3.05, 3.63) is 36.0 Å². The summed E-state index contributed by atoms with van der Waals surface area (Å²) in [5, 5.41) is 1.09. The van der Waals surface area contributed by atoms with Crippen molar-refractivity contribution in [3.63, 3.8) is 0 Å². The van der Waals surface area contributed by atoms with Gasteiger partial charge in [-0.3, -0.25) is 4.98 Å². The molecule has 1 saturated carbocycles. The first-order valence-electron chi connectivity index (χ1n) is 7.62. The number of ether oxygens (including phenoxy) is 1. The Morgan fingerprint density at radius 1 is 1.10 bits per heavy atom. The fourth-order valence-electron chi connectivity index (χ4n) is 2.94. The summed E-state index contributed by atoms with van der Waals surface area (Å²) in [5.74, 6) is 0.947. The maximum atomic E-state index is 6.30. The lowest BCUT2D eigenvalue weighted by Gasteiger charge is -2.19. The highest BCUT2D eigenvalue weighted by Crippen LogP contribution is 2.29. The molecule has 0 atom stereocenters. The van der Waals surface area contributed by atoms with Crippen molar-refractivity contribution < 1.29 is 4.74 Å². The molecule has 3 nitrogen and oxygen atoms in total. The zero-order valence-electron chi connectivity index (χ0n) is 11.8. The van der Waals surface area contributed by atoms with E-state index < -0.39 is 0 Å². The molecule has 1 aromatic heterocycles. The van der Waals surface area contributed by atoms with Gasteiger partial charge in [-0.1, -0.05) is 25.0 Å². The second-order valence-electron chi connectivity index (χ2n) is 5.56. The number of hydrogen-bond donors (Lipinski definition) is 1. The van der Waals surface area contributed by atoms with Gasteiger partial charge >= 0.3 is 0 Å². The topological polar surface area (TPSA) is 48.1 Å². The molecular weight excluding hydrogens is 248 g/mol. The Morgan fingerprint density at radius 3 is 2.60 bits per heavy atom. The van der Waals surface area contributed by atoms with Crippen LogP contribution >= 0.6 is 0 Å². The summed E-state index contributed by atoms with van der Waals surface area (Å²) in [5.41, 5.74) is 7.62. The molecule has 0 unspecified atom stereocenters. The third-order valence-electron chi connectivity index (χ3n) is 4.04. The quantitative estimate of drug-likeness (QED) is 0.863. The molecule has 0 bridgehead atoms. The number of fused-ring (bicyclic) bond motifs is 1. The molecule has 1 heterocycles. The van der Waals surface area contributed by atoms with Crippen molar-refractivity contribution in [2.45, 2.75) is 51.2 Å².